The van der Waals surface area contributed by atoms with E-state index in [2.05, 4.69) is 45.9 Å². The van der Waals surface area contributed by atoms with Gasteiger partial charge in [0.25, 0.3) is 0 Å². The third kappa shape index (κ3) is 3.30. The Hall–Kier alpha value is -1.89. The van der Waals surface area contributed by atoms with Gasteiger partial charge in [0.05, 0.1) is 0 Å². The van der Waals surface area contributed by atoms with Gasteiger partial charge in [-0.05, 0) is 28.5 Å². The van der Waals surface area contributed by atoms with Gasteiger partial charge in [-0.1, -0.05) is 83.1 Å². The van der Waals surface area contributed by atoms with Gasteiger partial charge < -0.3 is 0 Å². The quantitative estimate of drug-likeness (QED) is 0.625. The van der Waals surface area contributed by atoms with E-state index in [0.29, 0.717) is 11.8 Å². The summed E-state index contributed by atoms with van der Waals surface area (Å²) in [4.78, 5) is 12.9. The van der Waals surface area contributed by atoms with Gasteiger partial charge in [0.15, 0.2) is 5.78 Å². The molecule has 2 aromatic rings. The molecule has 22 heavy (non-hydrogen) atoms. The van der Waals surface area contributed by atoms with Crippen molar-refractivity contribution in [1.82, 2.24) is 0 Å². The van der Waals surface area contributed by atoms with Gasteiger partial charge in [-0.2, -0.15) is 0 Å². The second-order valence-corrected chi connectivity index (χ2v) is 6.61. The van der Waals surface area contributed by atoms with E-state index >= 15 is 0 Å². The molecule has 0 saturated carbocycles. The Morgan fingerprint density at radius 1 is 0.727 bits per heavy atom. The van der Waals surface area contributed by atoms with Crippen LogP contribution in [0.3, 0.4) is 0 Å². The number of ketones is 1. The lowest BCUT2D eigenvalue weighted by molar-refractivity contribution is 0.0965. The average Bonchev–Trinajstić information content (AvgIpc) is 2.53. The summed E-state index contributed by atoms with van der Waals surface area (Å²) in [6, 6.07) is 16.1. The topological polar surface area (TPSA) is 17.1 Å². The molecule has 1 atom stereocenters. The first-order valence-corrected chi connectivity index (χ1v) is 8.15. The molecule has 0 aliphatic heterocycles. The number of Topliss-reactive ketones (excluding diaryl/α,β-unsaturated/α-hetero) is 1. The Labute approximate surface area is 134 Å². The van der Waals surface area contributed by atoms with E-state index in [1.165, 1.54) is 16.7 Å². The Morgan fingerprint density at radius 3 is 1.68 bits per heavy atom. The largest absolute Gasteiger partial charge is 0.294 e. The maximum Gasteiger partial charge on any atom is 0.170 e. The first-order chi connectivity index (χ1) is 10.4. The third-order valence-corrected chi connectivity index (χ3v) is 4.30. The molecule has 116 valence electrons. The predicted molar refractivity (Wildman–Crippen MR) is 93.8 cm³/mol. The second-order valence-electron chi connectivity index (χ2n) is 6.61. The average molecular weight is 294 g/mol. The minimum atomic E-state index is -0.113. The second kappa shape index (κ2) is 6.91. The number of carbonyl (C=O) groups is 1. The van der Waals surface area contributed by atoms with E-state index in [4.69, 9.17) is 0 Å². The van der Waals surface area contributed by atoms with Crippen molar-refractivity contribution in [2.45, 2.75) is 52.4 Å². The highest BCUT2D eigenvalue weighted by Gasteiger charge is 2.24. The molecular weight excluding hydrogens is 268 g/mol. The highest BCUT2D eigenvalue weighted by atomic mass is 16.1. The molecule has 0 N–H and O–H groups in total. The molecule has 0 fully saturated rings. The summed E-state index contributed by atoms with van der Waals surface area (Å²) >= 11 is 0. The van der Waals surface area contributed by atoms with Crippen LogP contribution in [0.5, 0.6) is 0 Å². The molecule has 0 aromatic heterocycles. The molecule has 0 radical (unpaired) electrons. The fourth-order valence-electron chi connectivity index (χ4n) is 3.09. The third-order valence-electron chi connectivity index (χ3n) is 4.30. The van der Waals surface area contributed by atoms with Crippen molar-refractivity contribution in [1.29, 1.82) is 0 Å². The van der Waals surface area contributed by atoms with Crippen LogP contribution in [0.25, 0.3) is 0 Å². The van der Waals surface area contributed by atoms with E-state index in [-0.39, 0.29) is 11.7 Å². The van der Waals surface area contributed by atoms with Crippen LogP contribution in [0.1, 0.15) is 79.4 Å². The van der Waals surface area contributed by atoms with Gasteiger partial charge in [-0.3, -0.25) is 4.79 Å². The molecule has 1 nitrogen and oxygen atoms in total. The molecule has 0 aliphatic carbocycles. The molecule has 0 aliphatic rings. The van der Waals surface area contributed by atoms with E-state index in [1.807, 2.05) is 37.3 Å². The smallest absolute Gasteiger partial charge is 0.170 e. The molecule has 0 bridgehead atoms. The van der Waals surface area contributed by atoms with Gasteiger partial charge in [-0.15, -0.1) is 0 Å². The number of hydrogen-bond donors (Lipinski definition) is 0. The minimum absolute atomic E-state index is 0.113. The maximum atomic E-state index is 12.9. The first kappa shape index (κ1) is 16.5. The van der Waals surface area contributed by atoms with Crippen LogP contribution in [0.2, 0.25) is 0 Å². The normalized spacial score (nSPS) is 12.7. The van der Waals surface area contributed by atoms with Crippen LogP contribution in [-0.4, -0.2) is 5.78 Å². The predicted octanol–water partition coefficient (Wildman–Crippen LogP) is 5.92. The van der Waals surface area contributed by atoms with E-state index in [0.717, 1.165) is 5.56 Å². The monoisotopic (exact) mass is 294 g/mol. The Morgan fingerprint density at radius 2 is 1.23 bits per heavy atom. The summed E-state index contributed by atoms with van der Waals surface area (Å²) in [5.74, 6) is 0.924. The van der Waals surface area contributed by atoms with E-state index < -0.39 is 0 Å². The van der Waals surface area contributed by atoms with Gasteiger partial charge in [0.2, 0.25) is 0 Å². The van der Waals surface area contributed by atoms with Gasteiger partial charge in [0.1, 0.15) is 0 Å². The zero-order valence-electron chi connectivity index (χ0n) is 14.3. The highest BCUT2D eigenvalue weighted by molar-refractivity contribution is 6.01. The van der Waals surface area contributed by atoms with Gasteiger partial charge in [0, 0.05) is 11.5 Å². The van der Waals surface area contributed by atoms with Crippen LogP contribution in [0.15, 0.2) is 48.5 Å². The number of hydrogen-bond acceptors (Lipinski definition) is 1. The maximum absolute atomic E-state index is 12.9. The number of benzene rings is 2. The summed E-state index contributed by atoms with van der Waals surface area (Å²) < 4.78 is 0. The zero-order chi connectivity index (χ0) is 16.3. The molecule has 2 rings (SSSR count). The van der Waals surface area contributed by atoms with Crippen LogP contribution < -0.4 is 0 Å². The van der Waals surface area contributed by atoms with Crippen molar-refractivity contribution < 1.29 is 4.79 Å². The van der Waals surface area contributed by atoms with Crippen LogP contribution in [0, 0.1) is 0 Å². The fourth-order valence-corrected chi connectivity index (χ4v) is 3.09. The van der Waals surface area contributed by atoms with Crippen molar-refractivity contribution in [3.8, 4) is 0 Å². The fraction of sp³-hybridized carbons (Fsp3) is 0.381. The minimum Gasteiger partial charge on any atom is -0.294 e. The molecule has 1 unspecified atom stereocenters. The van der Waals surface area contributed by atoms with Crippen LogP contribution >= 0.6 is 0 Å². The zero-order valence-corrected chi connectivity index (χ0v) is 14.3. The molecule has 1 heteroatoms. The molecule has 0 saturated heterocycles. The van der Waals surface area contributed by atoms with Crippen molar-refractivity contribution in [2.24, 2.45) is 0 Å². The van der Waals surface area contributed by atoms with Crippen molar-refractivity contribution in [2.75, 3.05) is 0 Å². The lowest BCUT2D eigenvalue weighted by atomic mass is 9.80. The Bertz CT molecular complexity index is 612. The summed E-state index contributed by atoms with van der Waals surface area (Å²) in [7, 11) is 0. The Kier molecular flexibility index (Phi) is 5.18. The molecule has 0 amide bonds. The molecular formula is C21H26O. The van der Waals surface area contributed by atoms with Gasteiger partial charge >= 0.3 is 0 Å². The SMILES string of the molecule is CC(C)c1cccc(C(C)C)c1C(C)C(=O)c1ccccc1. The van der Waals surface area contributed by atoms with E-state index in [1.54, 1.807) is 0 Å². The Balaban J connectivity index is 2.52. The van der Waals surface area contributed by atoms with Crippen LogP contribution in [-0.2, 0) is 0 Å². The first-order valence-electron chi connectivity index (χ1n) is 8.15. The van der Waals surface area contributed by atoms with Crippen molar-refractivity contribution in [3.63, 3.8) is 0 Å². The van der Waals surface area contributed by atoms with Crippen LogP contribution in [0.4, 0.5) is 0 Å². The number of carbonyl (C=O) groups excluding carboxylic acids is 1. The standard InChI is InChI=1S/C21H26O/c1-14(2)18-12-9-13-19(15(3)4)20(18)16(5)21(22)17-10-7-6-8-11-17/h6-16H,1-5H3. The van der Waals surface area contributed by atoms with E-state index in [9.17, 15) is 4.79 Å². The van der Waals surface area contributed by atoms with Crippen molar-refractivity contribution in [3.05, 3.63) is 70.8 Å². The highest BCUT2D eigenvalue weighted by Crippen LogP contribution is 2.34. The molecule has 2 aromatic carbocycles. The summed E-state index contributed by atoms with van der Waals surface area (Å²) in [6.07, 6.45) is 0. The lowest BCUT2D eigenvalue weighted by Crippen LogP contribution is -2.15. The van der Waals surface area contributed by atoms with Gasteiger partial charge in [-0.25, -0.2) is 0 Å². The summed E-state index contributed by atoms with van der Waals surface area (Å²) in [5, 5.41) is 0. The lowest BCUT2D eigenvalue weighted by Gasteiger charge is -2.24. The molecule has 0 heterocycles. The summed E-state index contributed by atoms with van der Waals surface area (Å²) in [6.45, 7) is 10.8. The van der Waals surface area contributed by atoms with Crippen molar-refractivity contribution >= 4 is 5.78 Å². The number of rotatable bonds is 5. The molecule has 0 spiro atoms. The summed E-state index contributed by atoms with van der Waals surface area (Å²) in [5.41, 5.74) is 4.61.